The first-order valence-corrected chi connectivity index (χ1v) is 7.27. The van der Waals surface area contributed by atoms with Gasteiger partial charge in [0, 0.05) is 5.75 Å². The summed E-state index contributed by atoms with van der Waals surface area (Å²) in [7, 11) is 0. The largest absolute Gasteiger partial charge is 0.302 e. The Labute approximate surface area is 108 Å². The molecule has 0 amide bonds. The summed E-state index contributed by atoms with van der Waals surface area (Å²) in [5.74, 6) is 2.07. The highest BCUT2D eigenvalue weighted by molar-refractivity contribution is 7.98. The van der Waals surface area contributed by atoms with Crippen LogP contribution in [0.4, 0.5) is 0 Å². The van der Waals surface area contributed by atoms with Crippen molar-refractivity contribution in [2.24, 2.45) is 0 Å². The number of hydrogen-bond acceptors (Lipinski definition) is 3. The van der Waals surface area contributed by atoms with E-state index in [4.69, 9.17) is 5.26 Å². The molecule has 3 heteroatoms. The first-order valence-electron chi connectivity index (χ1n) is 6.11. The summed E-state index contributed by atoms with van der Waals surface area (Å²) in [6, 6.07) is 12.8. The van der Waals surface area contributed by atoms with Gasteiger partial charge in [0.1, 0.15) is 0 Å². The molecule has 0 saturated heterocycles. The smallest absolute Gasteiger partial charge is 0.0960 e. The maximum Gasteiger partial charge on any atom is 0.0960 e. The fraction of sp³-hybridized carbons (Fsp3) is 0.500. The van der Waals surface area contributed by atoms with Gasteiger partial charge < -0.3 is 5.32 Å². The zero-order valence-corrected chi connectivity index (χ0v) is 11.2. The van der Waals surface area contributed by atoms with Gasteiger partial charge in [0.05, 0.1) is 12.1 Å². The molecule has 92 valence electrons. The van der Waals surface area contributed by atoms with Crippen LogP contribution >= 0.6 is 11.8 Å². The standard InChI is InChI=1S/C14H20N2S/c1-2-9-16-14(11-15)8-10-17-12-13-6-4-3-5-7-13/h3-7,14,16H,2,8-10,12H2,1H3. The van der Waals surface area contributed by atoms with E-state index in [0.717, 1.165) is 30.9 Å². The van der Waals surface area contributed by atoms with E-state index < -0.39 is 0 Å². The van der Waals surface area contributed by atoms with Crippen molar-refractivity contribution >= 4 is 11.8 Å². The summed E-state index contributed by atoms with van der Waals surface area (Å²) < 4.78 is 0. The molecule has 0 fully saturated rings. The average Bonchev–Trinajstić information content (AvgIpc) is 2.39. The average molecular weight is 248 g/mol. The zero-order valence-electron chi connectivity index (χ0n) is 10.4. The Balaban J connectivity index is 2.13. The summed E-state index contributed by atoms with van der Waals surface area (Å²) in [6.45, 7) is 3.05. The third-order valence-electron chi connectivity index (χ3n) is 2.46. The van der Waals surface area contributed by atoms with Crippen molar-refractivity contribution in [2.75, 3.05) is 12.3 Å². The van der Waals surface area contributed by atoms with Crippen molar-refractivity contribution in [1.82, 2.24) is 5.32 Å². The van der Waals surface area contributed by atoms with Crippen molar-refractivity contribution in [3.05, 3.63) is 35.9 Å². The van der Waals surface area contributed by atoms with Crippen molar-refractivity contribution in [3.63, 3.8) is 0 Å². The molecule has 0 aromatic heterocycles. The van der Waals surface area contributed by atoms with Gasteiger partial charge in [-0.15, -0.1) is 0 Å². The molecule has 2 nitrogen and oxygen atoms in total. The van der Waals surface area contributed by atoms with Crippen LogP contribution in [0.5, 0.6) is 0 Å². The van der Waals surface area contributed by atoms with Gasteiger partial charge in [-0.05, 0) is 30.7 Å². The molecule has 1 atom stereocenters. The van der Waals surface area contributed by atoms with E-state index in [1.54, 1.807) is 0 Å². The number of hydrogen-bond donors (Lipinski definition) is 1. The molecule has 0 bridgehead atoms. The van der Waals surface area contributed by atoms with Crippen molar-refractivity contribution in [1.29, 1.82) is 5.26 Å². The molecule has 0 radical (unpaired) electrons. The molecule has 1 N–H and O–H groups in total. The SMILES string of the molecule is CCCNC(C#N)CCSCc1ccccc1. The van der Waals surface area contributed by atoms with E-state index in [1.165, 1.54) is 5.56 Å². The molecular formula is C14H20N2S. The number of nitrogens with one attached hydrogen (secondary N) is 1. The number of thioether (sulfide) groups is 1. The second kappa shape index (κ2) is 9.09. The lowest BCUT2D eigenvalue weighted by Gasteiger charge is -2.10. The van der Waals surface area contributed by atoms with Crippen LogP contribution in [0.2, 0.25) is 0 Å². The second-order valence-corrected chi connectivity index (χ2v) is 5.07. The van der Waals surface area contributed by atoms with Gasteiger partial charge in [-0.3, -0.25) is 0 Å². The van der Waals surface area contributed by atoms with Crippen molar-refractivity contribution in [2.45, 2.75) is 31.6 Å². The Kier molecular flexibility index (Phi) is 7.53. The molecule has 1 unspecified atom stereocenters. The van der Waals surface area contributed by atoms with E-state index >= 15 is 0 Å². The Morgan fingerprint density at radius 2 is 2.12 bits per heavy atom. The van der Waals surface area contributed by atoms with Crippen LogP contribution in [0.1, 0.15) is 25.3 Å². The quantitative estimate of drug-likeness (QED) is 0.718. The van der Waals surface area contributed by atoms with Crippen LogP contribution in [-0.2, 0) is 5.75 Å². The van der Waals surface area contributed by atoms with Gasteiger partial charge in [0.15, 0.2) is 0 Å². The number of rotatable bonds is 8. The fourth-order valence-corrected chi connectivity index (χ4v) is 2.47. The van der Waals surface area contributed by atoms with Gasteiger partial charge in [0.2, 0.25) is 0 Å². The van der Waals surface area contributed by atoms with E-state index in [1.807, 2.05) is 17.8 Å². The lowest BCUT2D eigenvalue weighted by molar-refractivity contribution is 0.585. The molecule has 0 aliphatic rings. The normalized spacial score (nSPS) is 12.0. The molecule has 17 heavy (non-hydrogen) atoms. The minimum absolute atomic E-state index is 0.0122. The predicted molar refractivity (Wildman–Crippen MR) is 74.9 cm³/mol. The fourth-order valence-electron chi connectivity index (χ4n) is 1.50. The topological polar surface area (TPSA) is 35.8 Å². The van der Waals surface area contributed by atoms with Crippen molar-refractivity contribution < 1.29 is 0 Å². The molecule has 0 heterocycles. The number of nitrogens with zero attached hydrogens (tertiary/aromatic N) is 1. The van der Waals surface area contributed by atoms with Crippen LogP contribution < -0.4 is 5.32 Å². The third kappa shape index (κ3) is 6.35. The molecule has 1 aromatic carbocycles. The Bertz CT molecular complexity index is 332. The van der Waals surface area contributed by atoms with Crippen LogP contribution in [0.25, 0.3) is 0 Å². The zero-order chi connectivity index (χ0) is 12.3. The summed E-state index contributed by atoms with van der Waals surface area (Å²) >= 11 is 1.89. The van der Waals surface area contributed by atoms with Crippen LogP contribution in [0.15, 0.2) is 30.3 Å². The Hall–Kier alpha value is -0.980. The van der Waals surface area contributed by atoms with E-state index in [2.05, 4.69) is 42.6 Å². The number of benzene rings is 1. The summed E-state index contributed by atoms with van der Waals surface area (Å²) in [4.78, 5) is 0. The molecule has 0 saturated carbocycles. The highest BCUT2D eigenvalue weighted by atomic mass is 32.2. The van der Waals surface area contributed by atoms with Gasteiger partial charge in [-0.1, -0.05) is 37.3 Å². The van der Waals surface area contributed by atoms with E-state index in [0.29, 0.717) is 0 Å². The van der Waals surface area contributed by atoms with Crippen LogP contribution in [0, 0.1) is 11.3 Å². The molecule has 0 aliphatic heterocycles. The molecule has 0 aliphatic carbocycles. The van der Waals surface area contributed by atoms with Gasteiger partial charge in [-0.25, -0.2) is 0 Å². The van der Waals surface area contributed by atoms with Gasteiger partial charge in [0.25, 0.3) is 0 Å². The molecule has 1 aromatic rings. The van der Waals surface area contributed by atoms with E-state index in [9.17, 15) is 0 Å². The first-order chi connectivity index (χ1) is 8.36. The second-order valence-electron chi connectivity index (χ2n) is 3.96. The lowest BCUT2D eigenvalue weighted by atomic mass is 10.2. The van der Waals surface area contributed by atoms with Crippen LogP contribution in [-0.4, -0.2) is 18.3 Å². The first kappa shape index (κ1) is 14.1. The highest BCUT2D eigenvalue weighted by Crippen LogP contribution is 2.13. The highest BCUT2D eigenvalue weighted by Gasteiger charge is 2.04. The number of nitriles is 1. The molecule has 0 spiro atoms. The summed E-state index contributed by atoms with van der Waals surface area (Å²) in [5, 5.41) is 12.2. The van der Waals surface area contributed by atoms with E-state index in [-0.39, 0.29) is 6.04 Å². The van der Waals surface area contributed by atoms with Crippen molar-refractivity contribution in [3.8, 4) is 6.07 Å². The monoisotopic (exact) mass is 248 g/mol. The third-order valence-corrected chi connectivity index (χ3v) is 3.52. The van der Waals surface area contributed by atoms with Crippen LogP contribution in [0.3, 0.4) is 0 Å². The van der Waals surface area contributed by atoms with Gasteiger partial charge >= 0.3 is 0 Å². The summed E-state index contributed by atoms with van der Waals surface area (Å²) in [5.41, 5.74) is 1.35. The maximum atomic E-state index is 8.95. The predicted octanol–water partition coefficient (Wildman–Crippen LogP) is 3.20. The minimum atomic E-state index is 0.0122. The maximum absolute atomic E-state index is 8.95. The minimum Gasteiger partial charge on any atom is -0.302 e. The summed E-state index contributed by atoms with van der Waals surface area (Å²) in [6.07, 6.45) is 2.00. The lowest BCUT2D eigenvalue weighted by Crippen LogP contribution is -2.28. The van der Waals surface area contributed by atoms with Gasteiger partial charge in [-0.2, -0.15) is 17.0 Å². The Morgan fingerprint density at radius 3 is 2.76 bits per heavy atom. The Morgan fingerprint density at radius 1 is 1.35 bits per heavy atom. The molecule has 1 rings (SSSR count). The molecular weight excluding hydrogens is 228 g/mol.